The lowest BCUT2D eigenvalue weighted by Gasteiger charge is -2.20. The van der Waals surface area contributed by atoms with Gasteiger partial charge in [-0.05, 0) is 31.2 Å². The minimum atomic E-state index is -1.22. The van der Waals surface area contributed by atoms with Gasteiger partial charge in [-0.2, -0.15) is 5.26 Å². The lowest BCUT2D eigenvalue weighted by atomic mass is 10.1. The highest BCUT2D eigenvalue weighted by atomic mass is 16.5. The molecule has 2 aromatic carbocycles. The van der Waals surface area contributed by atoms with E-state index in [0.29, 0.717) is 11.0 Å². The third-order valence-electron chi connectivity index (χ3n) is 4.86. The zero-order valence-electron chi connectivity index (χ0n) is 16.2. The van der Waals surface area contributed by atoms with Crippen LogP contribution in [0.15, 0.2) is 52.9 Å². The van der Waals surface area contributed by atoms with Gasteiger partial charge in [0.15, 0.2) is 6.61 Å². The summed E-state index contributed by atoms with van der Waals surface area (Å²) >= 11 is 0. The Labute approximate surface area is 175 Å². The first-order valence-electron chi connectivity index (χ1n) is 9.27. The van der Waals surface area contributed by atoms with Crippen LogP contribution in [-0.2, 0) is 14.3 Å². The van der Waals surface area contributed by atoms with Gasteiger partial charge >= 0.3 is 5.97 Å². The predicted molar refractivity (Wildman–Crippen MR) is 107 cm³/mol. The summed E-state index contributed by atoms with van der Waals surface area (Å²) in [7, 11) is 0. The van der Waals surface area contributed by atoms with Gasteiger partial charge in [-0.25, -0.2) is 4.79 Å². The Kier molecular flexibility index (Phi) is 4.97. The molecule has 0 saturated carbocycles. The first-order chi connectivity index (χ1) is 14.9. The number of anilines is 1. The topological polar surface area (TPSA) is 130 Å². The van der Waals surface area contributed by atoms with E-state index in [1.54, 1.807) is 36.4 Å². The molecule has 9 nitrogen and oxygen atoms in total. The number of carbonyl (C=O) groups is 4. The van der Waals surface area contributed by atoms with E-state index < -0.39 is 36.3 Å². The van der Waals surface area contributed by atoms with Gasteiger partial charge in [0.1, 0.15) is 23.4 Å². The van der Waals surface area contributed by atoms with E-state index in [4.69, 9.17) is 9.15 Å². The Balaban J connectivity index is 1.42. The Morgan fingerprint density at radius 1 is 1.10 bits per heavy atom. The second-order valence-electron chi connectivity index (χ2n) is 6.77. The van der Waals surface area contributed by atoms with Gasteiger partial charge in [0.2, 0.25) is 5.76 Å². The number of furan rings is 1. The number of nitrogens with one attached hydrogen (secondary N) is 1. The van der Waals surface area contributed by atoms with Crippen LogP contribution in [0.2, 0.25) is 0 Å². The van der Waals surface area contributed by atoms with Crippen LogP contribution in [0.5, 0.6) is 0 Å². The van der Waals surface area contributed by atoms with Gasteiger partial charge in [-0.3, -0.25) is 19.3 Å². The molecule has 3 amide bonds. The highest BCUT2D eigenvalue weighted by molar-refractivity contribution is 6.22. The van der Waals surface area contributed by atoms with Crippen molar-refractivity contribution in [3.8, 4) is 6.07 Å². The Bertz CT molecular complexity index is 1250. The number of carbonyl (C=O) groups excluding carboxylic acids is 4. The van der Waals surface area contributed by atoms with Crippen molar-refractivity contribution in [2.45, 2.75) is 13.0 Å². The second kappa shape index (κ2) is 7.76. The number of nitriles is 1. The van der Waals surface area contributed by atoms with Crippen LogP contribution in [0.1, 0.15) is 33.4 Å². The van der Waals surface area contributed by atoms with Crippen molar-refractivity contribution in [1.82, 2.24) is 4.90 Å². The molecule has 3 aromatic rings. The summed E-state index contributed by atoms with van der Waals surface area (Å²) in [6.45, 7) is 0.677. The molecule has 0 aliphatic carbocycles. The van der Waals surface area contributed by atoms with Crippen LogP contribution >= 0.6 is 0 Å². The molecule has 1 aromatic heterocycles. The van der Waals surface area contributed by atoms with Crippen molar-refractivity contribution < 1.29 is 28.3 Å². The predicted octanol–water partition coefficient (Wildman–Crippen LogP) is 2.47. The standard InChI is InChI=1S/C22H15N3O6/c1-12(25-20(27)13-6-2-3-7-14(13)21(25)28)22(29)30-11-18(26)24-19-15-8-4-5-9-16(15)31-17(19)10-23/h2-9,12H,11H2,1H3,(H,24,26). The third-order valence-corrected chi connectivity index (χ3v) is 4.86. The molecular formula is C22H15N3O6. The number of nitrogens with zero attached hydrogens (tertiary/aromatic N) is 2. The van der Waals surface area contributed by atoms with E-state index in [1.165, 1.54) is 19.1 Å². The molecule has 1 aliphatic rings. The lowest BCUT2D eigenvalue weighted by molar-refractivity contribution is -0.150. The molecule has 1 unspecified atom stereocenters. The molecule has 0 radical (unpaired) electrons. The fourth-order valence-electron chi connectivity index (χ4n) is 3.35. The molecule has 0 fully saturated rings. The Morgan fingerprint density at radius 2 is 1.71 bits per heavy atom. The summed E-state index contributed by atoms with van der Waals surface area (Å²) in [5.74, 6) is -2.90. The molecule has 1 N–H and O–H groups in total. The van der Waals surface area contributed by atoms with E-state index in [2.05, 4.69) is 5.32 Å². The van der Waals surface area contributed by atoms with E-state index in [-0.39, 0.29) is 22.6 Å². The average molecular weight is 417 g/mol. The number of esters is 1. The third kappa shape index (κ3) is 3.40. The number of benzene rings is 2. The highest BCUT2D eigenvalue weighted by Crippen LogP contribution is 2.30. The molecule has 0 saturated heterocycles. The monoisotopic (exact) mass is 417 g/mol. The van der Waals surface area contributed by atoms with Gasteiger partial charge in [0.05, 0.1) is 11.1 Å². The molecular weight excluding hydrogens is 402 g/mol. The Morgan fingerprint density at radius 3 is 2.35 bits per heavy atom. The molecule has 2 heterocycles. The average Bonchev–Trinajstić information content (AvgIpc) is 3.26. The summed E-state index contributed by atoms with van der Waals surface area (Å²) < 4.78 is 10.4. The van der Waals surface area contributed by atoms with Gasteiger partial charge in [-0.1, -0.05) is 24.3 Å². The molecule has 1 aliphatic heterocycles. The number of hydrogen-bond acceptors (Lipinski definition) is 7. The summed E-state index contributed by atoms with van der Waals surface area (Å²) in [4.78, 5) is 50.4. The first kappa shape index (κ1) is 19.8. The van der Waals surface area contributed by atoms with Crippen molar-refractivity contribution >= 4 is 40.3 Å². The molecule has 0 spiro atoms. The Hall–Kier alpha value is -4.45. The minimum Gasteiger partial charge on any atom is -0.454 e. The number of hydrogen-bond donors (Lipinski definition) is 1. The smallest absolute Gasteiger partial charge is 0.329 e. The van der Waals surface area contributed by atoms with Gasteiger partial charge in [-0.15, -0.1) is 0 Å². The molecule has 9 heteroatoms. The minimum absolute atomic E-state index is 0.0831. The normalized spacial score (nSPS) is 13.6. The van der Waals surface area contributed by atoms with Crippen molar-refractivity contribution in [3.05, 3.63) is 65.4 Å². The summed E-state index contributed by atoms with van der Waals surface area (Å²) in [6, 6.07) is 13.7. The van der Waals surface area contributed by atoms with Crippen LogP contribution in [0.25, 0.3) is 11.0 Å². The lowest BCUT2D eigenvalue weighted by Crippen LogP contribution is -2.44. The zero-order chi connectivity index (χ0) is 22.1. The summed E-state index contributed by atoms with van der Waals surface area (Å²) in [5, 5.41) is 12.2. The quantitative estimate of drug-likeness (QED) is 0.498. The van der Waals surface area contributed by atoms with Crippen molar-refractivity contribution in [1.29, 1.82) is 5.26 Å². The number of ether oxygens (including phenoxy) is 1. The van der Waals surface area contributed by atoms with E-state index >= 15 is 0 Å². The highest BCUT2D eigenvalue weighted by Gasteiger charge is 2.41. The van der Waals surface area contributed by atoms with Gasteiger partial charge in [0.25, 0.3) is 17.7 Å². The van der Waals surface area contributed by atoms with Crippen molar-refractivity contribution in [2.75, 3.05) is 11.9 Å². The van der Waals surface area contributed by atoms with E-state index in [0.717, 1.165) is 4.90 Å². The van der Waals surface area contributed by atoms with Gasteiger partial charge in [0, 0.05) is 5.39 Å². The van der Waals surface area contributed by atoms with Crippen LogP contribution in [0, 0.1) is 11.3 Å². The molecule has 1 atom stereocenters. The van der Waals surface area contributed by atoms with Crippen LogP contribution in [-0.4, -0.2) is 41.2 Å². The van der Waals surface area contributed by atoms with Crippen LogP contribution in [0.4, 0.5) is 5.69 Å². The zero-order valence-corrected chi connectivity index (χ0v) is 16.2. The molecule has 31 heavy (non-hydrogen) atoms. The summed E-state index contributed by atoms with van der Waals surface area (Å²) in [5.41, 5.74) is 1.01. The fraction of sp³-hybridized carbons (Fsp3) is 0.136. The summed E-state index contributed by atoms with van der Waals surface area (Å²) in [6.07, 6.45) is 0. The van der Waals surface area contributed by atoms with Crippen molar-refractivity contribution in [3.63, 3.8) is 0 Å². The van der Waals surface area contributed by atoms with Gasteiger partial charge < -0.3 is 14.5 Å². The maximum Gasteiger partial charge on any atom is 0.329 e. The number of para-hydroxylation sites is 1. The van der Waals surface area contributed by atoms with E-state index in [1.807, 2.05) is 6.07 Å². The first-order valence-corrected chi connectivity index (χ1v) is 9.27. The number of fused-ring (bicyclic) bond motifs is 2. The SMILES string of the molecule is CC(C(=O)OCC(=O)Nc1c(C#N)oc2ccccc12)N1C(=O)c2ccccc2C1=O. The van der Waals surface area contributed by atoms with Crippen LogP contribution in [0.3, 0.4) is 0 Å². The van der Waals surface area contributed by atoms with Crippen LogP contribution < -0.4 is 5.32 Å². The number of rotatable bonds is 5. The number of imide groups is 1. The largest absolute Gasteiger partial charge is 0.454 e. The molecule has 154 valence electrons. The van der Waals surface area contributed by atoms with Crippen molar-refractivity contribution in [2.24, 2.45) is 0 Å². The second-order valence-corrected chi connectivity index (χ2v) is 6.77. The number of amides is 3. The maximum atomic E-state index is 12.5. The molecule has 4 rings (SSSR count). The van der Waals surface area contributed by atoms with E-state index in [9.17, 15) is 24.4 Å². The fourth-order valence-corrected chi connectivity index (χ4v) is 3.35. The molecule has 0 bridgehead atoms. The maximum absolute atomic E-state index is 12.5.